The van der Waals surface area contributed by atoms with Crippen molar-refractivity contribution < 1.29 is 31.3 Å². The molecule has 0 spiro atoms. The molecule has 3 rings (SSSR count). The second-order valence-corrected chi connectivity index (χ2v) is 6.62. The number of hydrogen-bond donors (Lipinski definition) is 2. The summed E-state index contributed by atoms with van der Waals surface area (Å²) in [4.78, 5) is 15.5. The van der Waals surface area contributed by atoms with Gasteiger partial charge in [0.1, 0.15) is 22.9 Å². The van der Waals surface area contributed by atoms with Crippen molar-refractivity contribution in [3.8, 4) is 11.3 Å². The first-order chi connectivity index (χ1) is 15.0. The van der Waals surface area contributed by atoms with Crippen molar-refractivity contribution in [1.82, 2.24) is 5.16 Å². The monoisotopic (exact) mass is 470 g/mol. The largest absolute Gasteiger partial charge is 0.434 e. The Hall–Kier alpha value is -3.73. The fraction of sp³-hybridized carbons (Fsp3) is 0.0500. The zero-order chi connectivity index (χ0) is 23.6. The van der Waals surface area contributed by atoms with E-state index < -0.39 is 63.3 Å². The standard InChI is InChI=1S/C20H12ClF5N4O2/c21-12-5-2-6-13(23)14(12)16-15(19(28)31)17(32-30-16)11(8-27)18(20(24,25)26)29-10-4-1-3-9(22)7-10/h1-8H,27H2,(H2,28,31)/b11-8-,29-18?. The third-order valence-corrected chi connectivity index (χ3v) is 4.44. The number of alkyl halides is 3. The first-order valence-corrected chi connectivity index (χ1v) is 9.00. The molecule has 0 fully saturated rings. The van der Waals surface area contributed by atoms with Crippen molar-refractivity contribution in [3.05, 3.63) is 76.6 Å². The number of aromatic nitrogens is 1. The van der Waals surface area contributed by atoms with Gasteiger partial charge >= 0.3 is 6.18 Å². The maximum absolute atomic E-state index is 14.3. The molecule has 12 heteroatoms. The highest BCUT2D eigenvalue weighted by Crippen LogP contribution is 2.38. The molecule has 0 unspecified atom stereocenters. The Kier molecular flexibility index (Phi) is 6.30. The van der Waals surface area contributed by atoms with Crippen LogP contribution in [-0.2, 0) is 0 Å². The molecule has 0 saturated carbocycles. The predicted molar refractivity (Wildman–Crippen MR) is 107 cm³/mol. The quantitative estimate of drug-likeness (QED) is 0.404. The van der Waals surface area contributed by atoms with Crippen molar-refractivity contribution in [3.63, 3.8) is 0 Å². The lowest BCUT2D eigenvalue weighted by Crippen LogP contribution is -2.26. The van der Waals surface area contributed by atoms with E-state index in [0.717, 1.165) is 30.3 Å². The van der Waals surface area contributed by atoms with Crippen LogP contribution in [0.2, 0.25) is 5.02 Å². The highest BCUT2D eigenvalue weighted by molar-refractivity contribution is 6.34. The van der Waals surface area contributed by atoms with Crippen molar-refractivity contribution in [1.29, 1.82) is 0 Å². The first-order valence-electron chi connectivity index (χ1n) is 8.62. The van der Waals surface area contributed by atoms with Gasteiger partial charge in [0.05, 0.1) is 21.8 Å². The Bertz CT molecular complexity index is 1230. The van der Waals surface area contributed by atoms with E-state index in [1.54, 1.807) is 0 Å². The molecule has 4 N–H and O–H groups in total. The van der Waals surface area contributed by atoms with Gasteiger partial charge < -0.3 is 16.0 Å². The SMILES string of the molecule is N/C=C(\C(=Nc1cccc(F)c1)C(F)(F)F)c1onc(-c2c(F)cccc2Cl)c1C(N)=O. The topological polar surface area (TPSA) is 108 Å². The van der Waals surface area contributed by atoms with Gasteiger partial charge in [-0.25, -0.2) is 13.8 Å². The highest BCUT2D eigenvalue weighted by Gasteiger charge is 2.42. The smallest absolute Gasteiger partial charge is 0.404 e. The minimum absolute atomic E-state index is 0.199. The maximum Gasteiger partial charge on any atom is 0.434 e. The number of allylic oxidation sites excluding steroid dienone is 1. The molecule has 1 aromatic heterocycles. The molecular weight excluding hydrogens is 459 g/mol. The normalized spacial score (nSPS) is 12.8. The summed E-state index contributed by atoms with van der Waals surface area (Å²) < 4.78 is 74.2. The predicted octanol–water partition coefficient (Wildman–Crippen LogP) is 5.01. The lowest BCUT2D eigenvalue weighted by molar-refractivity contribution is -0.0571. The Labute approximate surface area is 182 Å². The van der Waals surface area contributed by atoms with Crippen LogP contribution in [0.5, 0.6) is 0 Å². The molecule has 3 aromatic rings. The molecule has 0 atom stereocenters. The molecule has 0 aliphatic carbocycles. The van der Waals surface area contributed by atoms with Crippen LogP contribution >= 0.6 is 11.6 Å². The summed E-state index contributed by atoms with van der Waals surface area (Å²) in [5.74, 6) is -3.87. The van der Waals surface area contributed by atoms with Crippen LogP contribution in [0.15, 0.2) is 58.2 Å². The minimum Gasteiger partial charge on any atom is -0.404 e. The number of carbonyl (C=O) groups is 1. The lowest BCUT2D eigenvalue weighted by atomic mass is 9.99. The number of amides is 1. The summed E-state index contributed by atoms with van der Waals surface area (Å²) in [5.41, 5.74) is 6.14. The van der Waals surface area contributed by atoms with Gasteiger partial charge in [-0.05, 0) is 30.3 Å². The molecule has 1 amide bonds. The van der Waals surface area contributed by atoms with Gasteiger partial charge in [-0.3, -0.25) is 4.79 Å². The number of nitrogens with two attached hydrogens (primary N) is 2. The van der Waals surface area contributed by atoms with Crippen LogP contribution < -0.4 is 11.5 Å². The molecule has 6 nitrogen and oxygen atoms in total. The number of rotatable bonds is 5. The van der Waals surface area contributed by atoms with Crippen molar-refractivity contribution in [2.24, 2.45) is 16.5 Å². The summed E-state index contributed by atoms with van der Waals surface area (Å²) in [6, 6.07) is 7.55. The number of hydrogen-bond acceptors (Lipinski definition) is 5. The van der Waals surface area contributed by atoms with E-state index in [9.17, 15) is 26.7 Å². The third kappa shape index (κ3) is 4.47. The molecule has 2 aromatic carbocycles. The Morgan fingerprint density at radius 1 is 1.16 bits per heavy atom. The van der Waals surface area contributed by atoms with Gasteiger partial charge in [0.15, 0.2) is 11.5 Å². The van der Waals surface area contributed by atoms with Gasteiger partial charge in [0.25, 0.3) is 5.91 Å². The Morgan fingerprint density at radius 2 is 1.84 bits per heavy atom. The van der Waals surface area contributed by atoms with Gasteiger partial charge in [0.2, 0.25) is 0 Å². The van der Waals surface area contributed by atoms with Gasteiger partial charge in [0, 0.05) is 6.20 Å². The number of benzene rings is 2. The fourth-order valence-corrected chi connectivity index (χ4v) is 3.06. The number of halogens is 6. The highest BCUT2D eigenvalue weighted by atomic mass is 35.5. The first kappa shape index (κ1) is 22.9. The van der Waals surface area contributed by atoms with Crippen molar-refractivity contribution in [2.75, 3.05) is 0 Å². The molecule has 0 saturated heterocycles. The van der Waals surface area contributed by atoms with Crippen LogP contribution in [0.3, 0.4) is 0 Å². The van der Waals surface area contributed by atoms with Crippen molar-refractivity contribution in [2.45, 2.75) is 6.18 Å². The van der Waals surface area contributed by atoms with E-state index >= 15 is 0 Å². The Balaban J connectivity index is 2.27. The van der Waals surface area contributed by atoms with Gasteiger partial charge in [-0.15, -0.1) is 0 Å². The molecular formula is C20H12ClF5N4O2. The van der Waals surface area contributed by atoms with E-state index in [1.165, 1.54) is 12.1 Å². The summed E-state index contributed by atoms with van der Waals surface area (Å²) in [7, 11) is 0. The van der Waals surface area contributed by atoms with Crippen molar-refractivity contribution >= 4 is 34.5 Å². The Morgan fingerprint density at radius 3 is 2.41 bits per heavy atom. The molecule has 32 heavy (non-hydrogen) atoms. The summed E-state index contributed by atoms with van der Waals surface area (Å²) in [5, 5.41) is 3.31. The van der Waals surface area contributed by atoms with Gasteiger partial charge in [-0.1, -0.05) is 28.9 Å². The molecule has 166 valence electrons. The fourth-order valence-electron chi connectivity index (χ4n) is 2.81. The second kappa shape index (κ2) is 8.79. The number of aliphatic imine (C=N–C) groups is 1. The molecule has 0 radical (unpaired) electrons. The number of nitrogens with zero attached hydrogens (tertiary/aromatic N) is 2. The summed E-state index contributed by atoms with van der Waals surface area (Å²) in [6.07, 6.45) is -4.67. The van der Waals surface area contributed by atoms with E-state index in [-0.39, 0.29) is 5.02 Å². The number of primary amides is 1. The minimum atomic E-state index is -5.13. The van der Waals surface area contributed by atoms with E-state index in [2.05, 4.69) is 10.1 Å². The summed E-state index contributed by atoms with van der Waals surface area (Å²) >= 11 is 5.97. The second-order valence-electron chi connectivity index (χ2n) is 6.21. The van der Waals surface area contributed by atoms with Crippen LogP contribution in [0.1, 0.15) is 16.1 Å². The summed E-state index contributed by atoms with van der Waals surface area (Å²) in [6.45, 7) is 0. The lowest BCUT2D eigenvalue weighted by Gasteiger charge is -2.13. The molecule has 0 aliphatic rings. The average Bonchev–Trinajstić information content (AvgIpc) is 3.12. The zero-order valence-electron chi connectivity index (χ0n) is 15.8. The van der Waals surface area contributed by atoms with E-state index in [0.29, 0.717) is 6.20 Å². The van der Waals surface area contributed by atoms with Crippen LogP contribution in [0.4, 0.5) is 27.6 Å². The molecule has 0 aliphatic heterocycles. The van der Waals surface area contributed by atoms with Crippen LogP contribution in [0, 0.1) is 11.6 Å². The molecule has 0 bridgehead atoms. The van der Waals surface area contributed by atoms with Crippen LogP contribution in [-0.4, -0.2) is 23.0 Å². The number of carbonyl (C=O) groups excluding carboxylic acids is 1. The molecule has 1 heterocycles. The van der Waals surface area contributed by atoms with E-state index in [4.69, 9.17) is 27.6 Å². The maximum atomic E-state index is 14.3. The average molecular weight is 471 g/mol. The van der Waals surface area contributed by atoms with Gasteiger partial charge in [-0.2, -0.15) is 13.2 Å². The zero-order valence-corrected chi connectivity index (χ0v) is 16.5. The van der Waals surface area contributed by atoms with E-state index in [1.807, 2.05) is 0 Å². The third-order valence-electron chi connectivity index (χ3n) is 4.12. The van der Waals surface area contributed by atoms with Crippen LogP contribution in [0.25, 0.3) is 16.8 Å².